The Hall–Kier alpha value is -3.95. The number of ketones is 2. The van der Waals surface area contributed by atoms with E-state index in [9.17, 15) is 36.3 Å². The molecule has 0 spiro atoms. The molecule has 4 rings (SSSR count). The summed E-state index contributed by atoms with van der Waals surface area (Å²) in [6.45, 7) is 2.72. The third kappa shape index (κ3) is 5.39. The average molecular weight is 576 g/mol. The summed E-state index contributed by atoms with van der Waals surface area (Å²) in [6, 6.07) is 14.4. The molecule has 0 aromatic heterocycles. The highest BCUT2D eigenvalue weighted by Gasteiger charge is 2.70. The normalized spacial score (nSPS) is 15.5. The lowest BCUT2D eigenvalue weighted by molar-refractivity contribution is -0.304. The number of anilines is 1. The number of fused-ring (bicyclic) bond motifs is 1. The van der Waals surface area contributed by atoms with Gasteiger partial charge in [-0.05, 0) is 61.1 Å². The van der Waals surface area contributed by atoms with Gasteiger partial charge in [-0.3, -0.25) is 14.4 Å². The maximum absolute atomic E-state index is 15.0. The van der Waals surface area contributed by atoms with E-state index in [4.69, 9.17) is 0 Å². The first-order valence-electron chi connectivity index (χ1n) is 12.9. The summed E-state index contributed by atoms with van der Waals surface area (Å²) < 4.78 is 83.4. The van der Waals surface area contributed by atoms with E-state index in [2.05, 4.69) is 5.32 Å². The van der Waals surface area contributed by atoms with Gasteiger partial charge in [0.15, 0.2) is 11.6 Å². The van der Waals surface area contributed by atoms with E-state index in [0.717, 1.165) is 5.56 Å². The zero-order chi connectivity index (χ0) is 30.3. The number of halogens is 6. The number of amides is 1. The molecule has 1 aliphatic carbocycles. The summed E-state index contributed by atoms with van der Waals surface area (Å²) in [5.41, 5.74) is -4.17. The fourth-order valence-corrected chi connectivity index (χ4v) is 5.17. The van der Waals surface area contributed by atoms with Crippen molar-refractivity contribution in [2.24, 2.45) is 5.92 Å². The molecule has 0 bridgehead atoms. The van der Waals surface area contributed by atoms with Gasteiger partial charge in [-0.15, -0.1) is 0 Å². The number of alkyl halides is 6. The predicted octanol–water partition coefficient (Wildman–Crippen LogP) is 7.82. The number of rotatable bonds is 8. The van der Waals surface area contributed by atoms with Crippen LogP contribution in [0.3, 0.4) is 0 Å². The third-order valence-corrected chi connectivity index (χ3v) is 7.46. The molecule has 1 amide bonds. The Morgan fingerprint density at radius 1 is 0.878 bits per heavy atom. The van der Waals surface area contributed by atoms with Crippen molar-refractivity contribution < 1.29 is 40.7 Å². The highest BCUT2D eigenvalue weighted by molar-refractivity contribution is 6.26. The molecular weight excluding hydrogens is 548 g/mol. The van der Waals surface area contributed by atoms with Gasteiger partial charge in [-0.25, -0.2) is 13.2 Å². The van der Waals surface area contributed by atoms with Crippen LogP contribution < -0.4 is 5.32 Å². The smallest absolute Gasteiger partial charge is 0.321 e. The fourth-order valence-electron chi connectivity index (χ4n) is 5.17. The first-order chi connectivity index (χ1) is 19.1. The Balaban J connectivity index is 1.49. The van der Waals surface area contributed by atoms with Crippen LogP contribution in [0.4, 0.5) is 32.0 Å². The van der Waals surface area contributed by atoms with Crippen LogP contribution in [0, 0.1) is 12.8 Å². The Morgan fingerprint density at radius 2 is 1.44 bits per heavy atom. The van der Waals surface area contributed by atoms with Crippen LogP contribution in [0.2, 0.25) is 0 Å². The Labute approximate surface area is 232 Å². The molecule has 4 nitrogen and oxygen atoms in total. The highest BCUT2D eigenvalue weighted by Crippen LogP contribution is 2.53. The van der Waals surface area contributed by atoms with Crippen molar-refractivity contribution in [1.82, 2.24) is 0 Å². The number of hydrogen-bond donors (Lipinski definition) is 1. The van der Waals surface area contributed by atoms with E-state index in [1.165, 1.54) is 19.1 Å². The molecule has 1 atom stereocenters. The minimum absolute atomic E-state index is 0.00765. The van der Waals surface area contributed by atoms with Crippen LogP contribution in [0.1, 0.15) is 73.6 Å². The minimum Gasteiger partial charge on any atom is -0.321 e. The van der Waals surface area contributed by atoms with Crippen LogP contribution in [0.15, 0.2) is 60.7 Å². The molecule has 0 aliphatic heterocycles. The molecule has 0 heterocycles. The number of benzene rings is 3. The minimum atomic E-state index is -5.88. The molecule has 0 saturated heterocycles. The molecule has 216 valence electrons. The Kier molecular flexibility index (Phi) is 7.90. The summed E-state index contributed by atoms with van der Waals surface area (Å²) in [5.74, 6) is -6.55. The second-order valence-corrected chi connectivity index (χ2v) is 10.2. The molecule has 1 aliphatic rings. The molecule has 1 N–H and O–H groups in total. The quantitative estimate of drug-likeness (QED) is 0.220. The highest BCUT2D eigenvalue weighted by atomic mass is 19.4. The second kappa shape index (κ2) is 10.8. The van der Waals surface area contributed by atoms with Gasteiger partial charge >= 0.3 is 6.18 Å². The van der Waals surface area contributed by atoms with Crippen LogP contribution in [0.25, 0.3) is 0 Å². The second-order valence-electron chi connectivity index (χ2n) is 10.2. The summed E-state index contributed by atoms with van der Waals surface area (Å²) in [5, 5.41) is 2.60. The van der Waals surface area contributed by atoms with E-state index in [1.54, 1.807) is 43.3 Å². The van der Waals surface area contributed by atoms with Crippen molar-refractivity contribution in [2.75, 3.05) is 5.32 Å². The van der Waals surface area contributed by atoms with Gasteiger partial charge in [0.1, 0.15) is 0 Å². The third-order valence-electron chi connectivity index (χ3n) is 7.46. The number of hydrogen-bond acceptors (Lipinski definition) is 3. The molecule has 1 unspecified atom stereocenters. The van der Waals surface area contributed by atoms with Gasteiger partial charge in [-0.2, -0.15) is 13.2 Å². The van der Waals surface area contributed by atoms with Gasteiger partial charge in [0.2, 0.25) is 0 Å². The van der Waals surface area contributed by atoms with Gasteiger partial charge in [-0.1, -0.05) is 49.4 Å². The first-order valence-corrected chi connectivity index (χ1v) is 12.9. The van der Waals surface area contributed by atoms with Crippen molar-refractivity contribution >= 4 is 23.2 Å². The summed E-state index contributed by atoms with van der Waals surface area (Å²) >= 11 is 0. The molecule has 41 heavy (non-hydrogen) atoms. The molecule has 0 saturated carbocycles. The zero-order valence-electron chi connectivity index (χ0n) is 22.5. The van der Waals surface area contributed by atoms with Crippen molar-refractivity contribution in [3.8, 4) is 0 Å². The monoisotopic (exact) mass is 575 g/mol. The fraction of sp³-hybridized carbons (Fsp3) is 0.323. The largest absolute Gasteiger partial charge is 0.432 e. The Morgan fingerprint density at radius 3 is 1.93 bits per heavy atom. The molecule has 3 aromatic carbocycles. The predicted molar refractivity (Wildman–Crippen MR) is 141 cm³/mol. The van der Waals surface area contributed by atoms with Crippen LogP contribution in [-0.4, -0.2) is 29.6 Å². The van der Waals surface area contributed by atoms with Gasteiger partial charge < -0.3 is 5.32 Å². The molecule has 0 fully saturated rings. The number of nitrogens with one attached hydrogen (secondary N) is 1. The lowest BCUT2D eigenvalue weighted by Gasteiger charge is -2.34. The van der Waals surface area contributed by atoms with Crippen LogP contribution >= 0.6 is 0 Å². The van der Waals surface area contributed by atoms with Crippen molar-refractivity contribution in [3.63, 3.8) is 0 Å². The van der Waals surface area contributed by atoms with Gasteiger partial charge in [0.05, 0.1) is 5.92 Å². The number of carbonyl (C=O) groups is 3. The van der Waals surface area contributed by atoms with Crippen LogP contribution in [-0.2, 0) is 18.5 Å². The number of carbonyl (C=O) groups excluding carboxylic acids is 3. The van der Waals surface area contributed by atoms with E-state index >= 15 is 4.39 Å². The summed E-state index contributed by atoms with van der Waals surface area (Å²) in [7, 11) is 0. The van der Waals surface area contributed by atoms with Crippen molar-refractivity contribution in [3.05, 3.63) is 99.6 Å². The number of aryl methyl sites for hydroxylation is 3. The lowest BCUT2D eigenvalue weighted by atomic mass is 9.86. The van der Waals surface area contributed by atoms with Gasteiger partial charge in [0.25, 0.3) is 17.5 Å². The van der Waals surface area contributed by atoms with E-state index in [0.29, 0.717) is 36.1 Å². The first kappa shape index (κ1) is 30.0. The Bertz CT molecular complexity index is 1460. The SMILES string of the molecule is CCc1cc(C(F)(C(C)(F)F)C(F)(F)F)cc(C)c1NC(=O)c1ccc(CCC2C(=O)c3ccccc3C2=O)cc1. The van der Waals surface area contributed by atoms with Crippen molar-refractivity contribution in [2.45, 2.75) is 57.8 Å². The summed E-state index contributed by atoms with van der Waals surface area (Å²) in [6.07, 6.45) is -5.13. The van der Waals surface area contributed by atoms with E-state index in [-0.39, 0.29) is 47.3 Å². The maximum atomic E-state index is 15.0. The summed E-state index contributed by atoms with van der Waals surface area (Å²) in [4.78, 5) is 38.2. The molecule has 0 radical (unpaired) electrons. The van der Waals surface area contributed by atoms with Gasteiger partial charge in [0, 0.05) is 34.9 Å². The number of Topliss-reactive ketones (excluding diaryl/α,β-unsaturated/α-hetero) is 2. The molecular formula is C31H27F6NO3. The topological polar surface area (TPSA) is 63.2 Å². The van der Waals surface area contributed by atoms with Crippen molar-refractivity contribution in [1.29, 1.82) is 0 Å². The zero-order valence-corrected chi connectivity index (χ0v) is 22.5. The van der Waals surface area contributed by atoms with E-state index in [1.807, 2.05) is 0 Å². The molecule has 3 aromatic rings. The van der Waals surface area contributed by atoms with Crippen LogP contribution in [0.5, 0.6) is 0 Å². The molecule has 10 heteroatoms. The lowest BCUT2D eigenvalue weighted by Crippen LogP contribution is -2.51. The van der Waals surface area contributed by atoms with E-state index < -0.39 is 35.2 Å². The average Bonchev–Trinajstić information content (AvgIpc) is 3.16. The standard InChI is InChI=1S/C31H27F6NO3/c1-4-19-16-21(30(34,29(3,32)33)31(35,36)37)15-17(2)25(19)38-28(41)20-12-9-18(10-13-20)11-14-24-26(39)22-7-5-6-8-23(22)27(24)40/h5-10,12-13,15-16,24H,4,11,14H2,1-3H3,(H,38,41). The maximum Gasteiger partial charge on any atom is 0.432 e.